The van der Waals surface area contributed by atoms with Crippen LogP contribution in [0.15, 0.2) is 18.5 Å². The first kappa shape index (κ1) is 5.41. The molecule has 0 saturated heterocycles. The highest BCUT2D eigenvalue weighted by atomic mass is 19.1. The quantitative estimate of drug-likeness (QED) is 0.582. The van der Waals surface area contributed by atoms with Crippen LogP contribution in [-0.4, -0.2) is 9.97 Å². The molecular formula is C7H4FN2. The Bertz CT molecular complexity index is 353. The number of aromatic amines is 1. The second kappa shape index (κ2) is 1.80. The Morgan fingerprint density at radius 2 is 2.50 bits per heavy atom. The van der Waals surface area contributed by atoms with Gasteiger partial charge in [0.2, 0.25) is 0 Å². The Balaban J connectivity index is 2.86. The maximum absolute atomic E-state index is 12.4. The first-order chi connectivity index (χ1) is 4.86. The summed E-state index contributed by atoms with van der Waals surface area (Å²) in [6.07, 6.45) is 2.78. The molecule has 1 N–H and O–H groups in total. The molecule has 2 rings (SSSR count). The third-order valence-corrected chi connectivity index (χ3v) is 1.29. The van der Waals surface area contributed by atoms with Gasteiger partial charge in [0.1, 0.15) is 11.5 Å². The van der Waals surface area contributed by atoms with Crippen molar-refractivity contribution in [3.05, 3.63) is 30.3 Å². The predicted octanol–water partition coefficient (Wildman–Crippen LogP) is 1.50. The van der Waals surface area contributed by atoms with Crippen LogP contribution in [0, 0.1) is 11.9 Å². The lowest BCUT2D eigenvalue weighted by atomic mass is 10.3. The number of fused-ring (bicyclic) bond motifs is 1. The molecule has 0 aliphatic carbocycles. The van der Waals surface area contributed by atoms with Crippen LogP contribution in [0.1, 0.15) is 0 Å². The van der Waals surface area contributed by atoms with Gasteiger partial charge in [0.05, 0.1) is 6.20 Å². The topological polar surface area (TPSA) is 28.7 Å². The second-order valence-electron chi connectivity index (χ2n) is 1.98. The Hall–Kier alpha value is -1.38. The summed E-state index contributed by atoms with van der Waals surface area (Å²) >= 11 is 0. The highest BCUT2D eigenvalue weighted by molar-refractivity contribution is 5.73. The van der Waals surface area contributed by atoms with E-state index in [1.54, 1.807) is 6.20 Å². The first-order valence-corrected chi connectivity index (χ1v) is 2.86. The van der Waals surface area contributed by atoms with Crippen LogP contribution in [0.25, 0.3) is 11.0 Å². The van der Waals surface area contributed by atoms with Gasteiger partial charge in [-0.3, -0.25) is 0 Å². The molecule has 0 spiro atoms. The van der Waals surface area contributed by atoms with Gasteiger partial charge in [-0.2, -0.15) is 0 Å². The molecule has 2 aromatic heterocycles. The molecule has 1 radical (unpaired) electrons. The lowest BCUT2D eigenvalue weighted by Crippen LogP contribution is -1.77. The molecule has 0 unspecified atom stereocenters. The Morgan fingerprint density at radius 1 is 1.60 bits per heavy atom. The summed E-state index contributed by atoms with van der Waals surface area (Å²) in [5.41, 5.74) is 0.668. The van der Waals surface area contributed by atoms with Crippen LogP contribution >= 0.6 is 0 Å². The zero-order chi connectivity index (χ0) is 6.97. The second-order valence-corrected chi connectivity index (χ2v) is 1.98. The molecule has 2 aromatic rings. The monoisotopic (exact) mass is 135 g/mol. The van der Waals surface area contributed by atoms with Crippen LogP contribution in [0.5, 0.6) is 0 Å². The summed E-state index contributed by atoms with van der Waals surface area (Å²) in [5, 5.41) is 0.681. The molecule has 0 aliphatic rings. The van der Waals surface area contributed by atoms with E-state index in [0.29, 0.717) is 11.0 Å². The SMILES string of the molecule is Fc1cnc2[nH]c[c]c2c1. The lowest BCUT2D eigenvalue weighted by molar-refractivity contribution is 0.624. The summed E-state index contributed by atoms with van der Waals surface area (Å²) in [6.45, 7) is 0. The van der Waals surface area contributed by atoms with Gasteiger partial charge in [-0.05, 0) is 6.07 Å². The Kier molecular flexibility index (Phi) is 0.974. The fourth-order valence-corrected chi connectivity index (χ4v) is 0.847. The van der Waals surface area contributed by atoms with E-state index in [-0.39, 0.29) is 5.82 Å². The maximum Gasteiger partial charge on any atom is 0.142 e. The van der Waals surface area contributed by atoms with E-state index in [1.807, 2.05) is 0 Å². The van der Waals surface area contributed by atoms with Crippen molar-refractivity contribution >= 4 is 11.0 Å². The molecule has 3 heteroatoms. The molecule has 0 aromatic carbocycles. The molecule has 0 amide bonds. The minimum Gasteiger partial charge on any atom is -0.346 e. The van der Waals surface area contributed by atoms with E-state index in [0.717, 1.165) is 0 Å². The van der Waals surface area contributed by atoms with Crippen molar-refractivity contribution in [3.8, 4) is 0 Å². The number of rotatable bonds is 0. The van der Waals surface area contributed by atoms with Crippen molar-refractivity contribution in [2.75, 3.05) is 0 Å². The molecule has 0 aliphatic heterocycles. The smallest absolute Gasteiger partial charge is 0.142 e. The summed E-state index contributed by atoms with van der Waals surface area (Å²) in [6, 6.07) is 4.19. The van der Waals surface area contributed by atoms with Gasteiger partial charge < -0.3 is 4.98 Å². The number of nitrogens with one attached hydrogen (secondary N) is 1. The van der Waals surface area contributed by atoms with Crippen molar-refractivity contribution in [2.24, 2.45) is 0 Å². The molecule has 0 bridgehead atoms. The Morgan fingerprint density at radius 3 is 3.40 bits per heavy atom. The molecule has 0 fully saturated rings. The number of H-pyrrole nitrogens is 1. The third-order valence-electron chi connectivity index (χ3n) is 1.29. The number of pyridine rings is 1. The standard InChI is InChI=1S/C7H4FN2/c8-6-3-5-1-2-9-7(5)10-4-6/h2-4H,(H,9,10). The average molecular weight is 135 g/mol. The Labute approximate surface area is 56.7 Å². The van der Waals surface area contributed by atoms with Crippen LogP contribution in [0.3, 0.4) is 0 Å². The van der Waals surface area contributed by atoms with Crippen molar-refractivity contribution in [2.45, 2.75) is 0 Å². The number of aromatic nitrogens is 2. The first-order valence-electron chi connectivity index (χ1n) is 2.86. The summed E-state index contributed by atoms with van der Waals surface area (Å²) < 4.78 is 12.4. The normalized spacial score (nSPS) is 10.5. The van der Waals surface area contributed by atoms with Gasteiger partial charge in [0, 0.05) is 17.6 Å². The van der Waals surface area contributed by atoms with E-state index in [2.05, 4.69) is 16.0 Å². The summed E-state index contributed by atoms with van der Waals surface area (Å²) in [4.78, 5) is 6.59. The molecule has 2 nitrogen and oxygen atoms in total. The number of hydrogen-bond donors (Lipinski definition) is 1. The van der Waals surface area contributed by atoms with Gasteiger partial charge in [-0.25, -0.2) is 9.37 Å². The molecule has 49 valence electrons. The van der Waals surface area contributed by atoms with E-state index in [4.69, 9.17) is 0 Å². The van der Waals surface area contributed by atoms with E-state index in [9.17, 15) is 4.39 Å². The highest BCUT2D eigenvalue weighted by Crippen LogP contribution is 2.08. The number of halogens is 1. The zero-order valence-electron chi connectivity index (χ0n) is 5.06. The predicted molar refractivity (Wildman–Crippen MR) is 34.9 cm³/mol. The lowest BCUT2D eigenvalue weighted by Gasteiger charge is -1.86. The fraction of sp³-hybridized carbons (Fsp3) is 0. The average Bonchev–Trinajstić information content (AvgIpc) is 2.33. The maximum atomic E-state index is 12.4. The molecule has 10 heavy (non-hydrogen) atoms. The molecule has 0 atom stereocenters. The van der Waals surface area contributed by atoms with Gasteiger partial charge in [0.25, 0.3) is 0 Å². The number of hydrogen-bond acceptors (Lipinski definition) is 1. The van der Waals surface area contributed by atoms with Crippen LogP contribution in [0.2, 0.25) is 0 Å². The van der Waals surface area contributed by atoms with E-state index < -0.39 is 0 Å². The van der Waals surface area contributed by atoms with Crippen molar-refractivity contribution in [1.82, 2.24) is 9.97 Å². The van der Waals surface area contributed by atoms with Crippen LogP contribution in [-0.2, 0) is 0 Å². The van der Waals surface area contributed by atoms with Crippen molar-refractivity contribution in [3.63, 3.8) is 0 Å². The molecule has 0 saturated carbocycles. The van der Waals surface area contributed by atoms with Gasteiger partial charge >= 0.3 is 0 Å². The largest absolute Gasteiger partial charge is 0.346 e. The van der Waals surface area contributed by atoms with Crippen LogP contribution in [0.4, 0.5) is 4.39 Å². The minimum atomic E-state index is -0.330. The molecular weight excluding hydrogens is 131 g/mol. The fourth-order valence-electron chi connectivity index (χ4n) is 0.847. The van der Waals surface area contributed by atoms with Crippen LogP contribution < -0.4 is 0 Å². The summed E-state index contributed by atoms with van der Waals surface area (Å²) in [7, 11) is 0. The van der Waals surface area contributed by atoms with Gasteiger partial charge in [-0.15, -0.1) is 0 Å². The minimum absolute atomic E-state index is 0.330. The van der Waals surface area contributed by atoms with Crippen molar-refractivity contribution < 1.29 is 4.39 Å². The zero-order valence-corrected chi connectivity index (χ0v) is 5.06. The molecule has 2 heterocycles. The van der Waals surface area contributed by atoms with Crippen molar-refractivity contribution in [1.29, 1.82) is 0 Å². The van der Waals surface area contributed by atoms with Gasteiger partial charge in [0.15, 0.2) is 0 Å². The highest BCUT2D eigenvalue weighted by Gasteiger charge is 1.95. The van der Waals surface area contributed by atoms with Gasteiger partial charge in [-0.1, -0.05) is 0 Å². The summed E-state index contributed by atoms with van der Waals surface area (Å²) in [5.74, 6) is -0.330. The van der Waals surface area contributed by atoms with E-state index >= 15 is 0 Å². The number of nitrogens with zero attached hydrogens (tertiary/aromatic N) is 1. The van der Waals surface area contributed by atoms with E-state index in [1.165, 1.54) is 12.3 Å². The third kappa shape index (κ3) is 0.673.